The summed E-state index contributed by atoms with van der Waals surface area (Å²) in [6, 6.07) is 8.91. The minimum absolute atomic E-state index is 0.0942. The number of hydrogen-bond donors (Lipinski definition) is 0. The molecule has 5 heteroatoms. The molecule has 0 bridgehead atoms. The number of alkyl halides is 1. The first kappa shape index (κ1) is 14.5. The molecular weight excluding hydrogens is 382 g/mol. The van der Waals surface area contributed by atoms with Crippen molar-refractivity contribution in [2.75, 3.05) is 0 Å². The minimum Gasteiger partial charge on any atom is -0.488 e. The van der Waals surface area contributed by atoms with Crippen molar-refractivity contribution in [3.05, 3.63) is 63.6 Å². The highest BCUT2D eigenvalue weighted by molar-refractivity contribution is 9.10. The van der Waals surface area contributed by atoms with E-state index in [9.17, 15) is 8.78 Å². The fraction of sp³-hybridized carbons (Fsp3) is 0.143. The van der Waals surface area contributed by atoms with E-state index in [0.717, 1.165) is 4.47 Å². The summed E-state index contributed by atoms with van der Waals surface area (Å²) in [6.07, 6.45) is 0. The summed E-state index contributed by atoms with van der Waals surface area (Å²) in [5.74, 6) is -0.112. The standard InChI is InChI=1S/C14H10Br2F2O/c15-7-9-6-12(17)2-4-14(9)19-8-10-5-11(16)1-3-13(10)18/h1-6H,7-8H2. The normalized spacial score (nSPS) is 10.5. The fourth-order valence-electron chi connectivity index (χ4n) is 1.60. The fourth-order valence-corrected chi connectivity index (χ4v) is 2.45. The molecule has 0 spiro atoms. The van der Waals surface area contributed by atoms with Gasteiger partial charge in [-0.15, -0.1) is 0 Å². The number of halogens is 4. The molecule has 0 aliphatic carbocycles. The van der Waals surface area contributed by atoms with Gasteiger partial charge in [0.1, 0.15) is 24.0 Å². The Kier molecular flexibility index (Phi) is 4.93. The molecule has 0 aliphatic rings. The molecule has 0 aliphatic heterocycles. The van der Waals surface area contributed by atoms with Crippen LogP contribution in [-0.4, -0.2) is 0 Å². The predicted molar refractivity (Wildman–Crippen MR) is 77.5 cm³/mol. The second kappa shape index (κ2) is 6.48. The lowest BCUT2D eigenvalue weighted by Gasteiger charge is -2.11. The van der Waals surface area contributed by atoms with Crippen LogP contribution < -0.4 is 4.74 Å². The molecule has 2 rings (SSSR count). The van der Waals surface area contributed by atoms with E-state index < -0.39 is 0 Å². The maximum absolute atomic E-state index is 13.5. The first-order valence-corrected chi connectivity index (χ1v) is 7.42. The Labute approximate surface area is 126 Å². The van der Waals surface area contributed by atoms with Crippen LogP contribution in [0.3, 0.4) is 0 Å². The van der Waals surface area contributed by atoms with Crippen LogP contribution in [0.25, 0.3) is 0 Å². The zero-order valence-corrected chi connectivity index (χ0v) is 13.0. The highest BCUT2D eigenvalue weighted by Gasteiger charge is 2.07. The molecule has 0 fully saturated rings. The molecule has 100 valence electrons. The van der Waals surface area contributed by atoms with Crippen molar-refractivity contribution >= 4 is 31.9 Å². The monoisotopic (exact) mass is 390 g/mol. The van der Waals surface area contributed by atoms with Crippen LogP contribution in [-0.2, 0) is 11.9 Å². The molecule has 2 aromatic carbocycles. The third kappa shape index (κ3) is 3.76. The van der Waals surface area contributed by atoms with Gasteiger partial charge in [-0.2, -0.15) is 0 Å². The summed E-state index contributed by atoms with van der Waals surface area (Å²) < 4.78 is 33.0. The van der Waals surface area contributed by atoms with Gasteiger partial charge in [0.25, 0.3) is 0 Å². The lowest BCUT2D eigenvalue weighted by Crippen LogP contribution is -2.00. The molecule has 2 aromatic rings. The van der Waals surface area contributed by atoms with Gasteiger partial charge >= 0.3 is 0 Å². The smallest absolute Gasteiger partial charge is 0.129 e. The van der Waals surface area contributed by atoms with E-state index in [1.54, 1.807) is 18.2 Å². The Balaban J connectivity index is 2.16. The quantitative estimate of drug-likeness (QED) is 0.650. The number of benzene rings is 2. The van der Waals surface area contributed by atoms with E-state index in [2.05, 4.69) is 31.9 Å². The molecule has 0 saturated carbocycles. The van der Waals surface area contributed by atoms with E-state index >= 15 is 0 Å². The topological polar surface area (TPSA) is 9.23 Å². The molecule has 1 nitrogen and oxygen atoms in total. The second-order valence-electron chi connectivity index (χ2n) is 3.91. The third-order valence-corrected chi connectivity index (χ3v) is 3.65. The van der Waals surface area contributed by atoms with Crippen molar-refractivity contribution in [3.63, 3.8) is 0 Å². The maximum Gasteiger partial charge on any atom is 0.129 e. The van der Waals surface area contributed by atoms with Crippen LogP contribution in [0, 0.1) is 11.6 Å². The van der Waals surface area contributed by atoms with Crippen molar-refractivity contribution in [1.82, 2.24) is 0 Å². The van der Waals surface area contributed by atoms with Gasteiger partial charge < -0.3 is 4.74 Å². The van der Waals surface area contributed by atoms with Crippen LogP contribution in [0.5, 0.6) is 5.75 Å². The van der Waals surface area contributed by atoms with Crippen molar-refractivity contribution < 1.29 is 13.5 Å². The van der Waals surface area contributed by atoms with Gasteiger partial charge in [0.05, 0.1) is 0 Å². The van der Waals surface area contributed by atoms with Crippen molar-refractivity contribution in [1.29, 1.82) is 0 Å². The molecule has 0 atom stereocenters. The number of hydrogen-bond acceptors (Lipinski definition) is 1. The summed E-state index contributed by atoms with van der Waals surface area (Å²) in [6.45, 7) is 0.0942. The van der Waals surface area contributed by atoms with Crippen LogP contribution in [0.4, 0.5) is 8.78 Å². The zero-order valence-electron chi connectivity index (χ0n) is 9.80. The largest absolute Gasteiger partial charge is 0.488 e. The molecule has 0 saturated heterocycles. The molecule has 0 N–H and O–H groups in total. The molecule has 0 radical (unpaired) electrons. The molecule has 19 heavy (non-hydrogen) atoms. The average Bonchev–Trinajstić information content (AvgIpc) is 2.40. The van der Waals surface area contributed by atoms with Gasteiger partial charge in [0.2, 0.25) is 0 Å². The number of rotatable bonds is 4. The summed E-state index contributed by atoms with van der Waals surface area (Å²) >= 11 is 6.55. The van der Waals surface area contributed by atoms with Crippen LogP contribution >= 0.6 is 31.9 Å². The molecule has 0 aromatic heterocycles. The van der Waals surface area contributed by atoms with Crippen molar-refractivity contribution in [3.8, 4) is 5.75 Å². The van der Waals surface area contributed by atoms with E-state index in [-0.39, 0.29) is 18.2 Å². The first-order valence-electron chi connectivity index (χ1n) is 5.51. The van der Waals surface area contributed by atoms with Gasteiger partial charge in [-0.1, -0.05) is 31.9 Å². The van der Waals surface area contributed by atoms with Gasteiger partial charge in [-0.05, 0) is 36.4 Å². The lowest BCUT2D eigenvalue weighted by atomic mass is 10.2. The van der Waals surface area contributed by atoms with E-state index in [1.807, 2.05) is 0 Å². The summed E-state index contributed by atoms with van der Waals surface area (Å²) in [4.78, 5) is 0. The van der Waals surface area contributed by atoms with Crippen LogP contribution in [0.1, 0.15) is 11.1 Å². The molecular formula is C14H10Br2F2O. The molecule has 0 amide bonds. The summed E-state index contributed by atoms with van der Waals surface area (Å²) in [7, 11) is 0. The first-order chi connectivity index (χ1) is 9.10. The van der Waals surface area contributed by atoms with Gasteiger partial charge in [0.15, 0.2) is 0 Å². The second-order valence-corrected chi connectivity index (χ2v) is 5.39. The Morgan fingerprint density at radius 2 is 1.79 bits per heavy atom. The lowest BCUT2D eigenvalue weighted by molar-refractivity contribution is 0.297. The zero-order chi connectivity index (χ0) is 13.8. The predicted octanol–water partition coefficient (Wildman–Crippen LogP) is 5.20. The van der Waals surface area contributed by atoms with Gasteiger partial charge in [-0.25, -0.2) is 8.78 Å². The summed E-state index contributed by atoms with van der Waals surface area (Å²) in [5, 5.41) is 0.473. The highest BCUT2D eigenvalue weighted by atomic mass is 79.9. The van der Waals surface area contributed by atoms with E-state index in [0.29, 0.717) is 22.2 Å². The Hall–Kier alpha value is -0.940. The average molecular weight is 392 g/mol. The van der Waals surface area contributed by atoms with E-state index in [1.165, 1.54) is 18.2 Å². The van der Waals surface area contributed by atoms with Gasteiger partial charge in [0, 0.05) is 20.9 Å². The minimum atomic E-state index is -0.328. The Morgan fingerprint density at radius 1 is 1.00 bits per heavy atom. The third-order valence-electron chi connectivity index (χ3n) is 2.56. The molecule has 0 heterocycles. The molecule has 0 unspecified atom stereocenters. The highest BCUT2D eigenvalue weighted by Crippen LogP contribution is 2.24. The SMILES string of the molecule is Fc1ccc(OCc2cc(Br)ccc2F)c(CBr)c1. The Bertz CT molecular complexity index is 588. The maximum atomic E-state index is 13.5. The van der Waals surface area contributed by atoms with Crippen LogP contribution in [0.15, 0.2) is 40.9 Å². The van der Waals surface area contributed by atoms with Gasteiger partial charge in [-0.3, -0.25) is 0 Å². The van der Waals surface area contributed by atoms with E-state index in [4.69, 9.17) is 4.74 Å². The summed E-state index contributed by atoms with van der Waals surface area (Å²) in [5.41, 5.74) is 1.13. The van der Waals surface area contributed by atoms with Crippen molar-refractivity contribution in [2.45, 2.75) is 11.9 Å². The van der Waals surface area contributed by atoms with Crippen LogP contribution in [0.2, 0.25) is 0 Å². The number of ether oxygens (including phenoxy) is 1. The van der Waals surface area contributed by atoms with Crippen molar-refractivity contribution in [2.24, 2.45) is 0 Å². The Morgan fingerprint density at radius 3 is 2.53 bits per heavy atom.